The van der Waals surface area contributed by atoms with E-state index in [4.69, 9.17) is 27.0 Å². The monoisotopic (exact) mass is 354 g/mol. The first-order valence-corrected chi connectivity index (χ1v) is 7.88. The Hall–Kier alpha value is -3.11. The number of nitrogens with one attached hydrogen (secondary N) is 2. The van der Waals surface area contributed by atoms with Gasteiger partial charge in [-0.1, -0.05) is 18.2 Å². The van der Waals surface area contributed by atoms with Gasteiger partial charge in [0.15, 0.2) is 23.2 Å². The van der Waals surface area contributed by atoms with Crippen molar-refractivity contribution in [3.8, 4) is 17.6 Å². The predicted molar refractivity (Wildman–Crippen MR) is 102 cm³/mol. The van der Waals surface area contributed by atoms with Gasteiger partial charge in [0.1, 0.15) is 6.07 Å². The van der Waals surface area contributed by atoms with Crippen LogP contribution in [0.4, 0.5) is 5.69 Å². The number of hydrazone groups is 1. The van der Waals surface area contributed by atoms with Crippen LogP contribution < -0.4 is 20.2 Å². The summed E-state index contributed by atoms with van der Waals surface area (Å²) in [6.45, 7) is 1.96. The number of benzene rings is 2. The summed E-state index contributed by atoms with van der Waals surface area (Å²) in [5.41, 5.74) is 5.58. The quantitative estimate of drug-likeness (QED) is 0.471. The SMILES string of the molecule is COc1cc(/C=N\NC(=S)Nc2ccccc2C)ccc1OCC#N. The van der Waals surface area contributed by atoms with E-state index < -0.39 is 0 Å². The van der Waals surface area contributed by atoms with Gasteiger partial charge in [0, 0.05) is 5.69 Å². The first kappa shape index (κ1) is 18.2. The first-order chi connectivity index (χ1) is 12.1. The summed E-state index contributed by atoms with van der Waals surface area (Å²) in [6, 6.07) is 15.0. The van der Waals surface area contributed by atoms with E-state index in [1.807, 2.05) is 37.3 Å². The smallest absolute Gasteiger partial charge is 0.191 e. The predicted octanol–water partition coefficient (Wildman–Crippen LogP) is 3.23. The van der Waals surface area contributed by atoms with E-state index in [0.717, 1.165) is 16.8 Å². The molecule has 2 N–H and O–H groups in total. The lowest BCUT2D eigenvalue weighted by atomic mass is 10.2. The highest BCUT2D eigenvalue weighted by atomic mass is 32.1. The summed E-state index contributed by atoms with van der Waals surface area (Å²) in [6.07, 6.45) is 1.61. The molecule has 0 radical (unpaired) electrons. The highest BCUT2D eigenvalue weighted by Crippen LogP contribution is 2.27. The second kappa shape index (κ2) is 9.25. The molecule has 2 rings (SSSR count). The van der Waals surface area contributed by atoms with Crippen molar-refractivity contribution in [2.75, 3.05) is 19.0 Å². The Morgan fingerprint density at radius 2 is 2.08 bits per heavy atom. The highest BCUT2D eigenvalue weighted by Gasteiger charge is 2.05. The maximum absolute atomic E-state index is 8.57. The van der Waals surface area contributed by atoms with Crippen LogP contribution in [0.1, 0.15) is 11.1 Å². The van der Waals surface area contributed by atoms with Gasteiger partial charge in [-0.15, -0.1) is 0 Å². The van der Waals surface area contributed by atoms with Gasteiger partial charge in [-0.25, -0.2) is 0 Å². The van der Waals surface area contributed by atoms with Gasteiger partial charge in [0.25, 0.3) is 0 Å². The third-order valence-corrected chi connectivity index (χ3v) is 3.45. The molecular weight excluding hydrogens is 336 g/mol. The Bertz CT molecular complexity index is 815. The van der Waals surface area contributed by atoms with Crippen LogP contribution in [0.3, 0.4) is 0 Å². The number of para-hydroxylation sites is 1. The Labute approximate surface area is 152 Å². The number of anilines is 1. The average molecular weight is 354 g/mol. The van der Waals surface area contributed by atoms with Crippen molar-refractivity contribution in [2.45, 2.75) is 6.92 Å². The van der Waals surface area contributed by atoms with Crippen molar-refractivity contribution >= 4 is 29.2 Å². The lowest BCUT2D eigenvalue weighted by Gasteiger charge is -2.10. The van der Waals surface area contributed by atoms with E-state index in [9.17, 15) is 0 Å². The van der Waals surface area contributed by atoms with Gasteiger partial charge in [-0.05, 0) is 54.5 Å². The van der Waals surface area contributed by atoms with Crippen molar-refractivity contribution in [1.29, 1.82) is 5.26 Å². The highest BCUT2D eigenvalue weighted by molar-refractivity contribution is 7.80. The van der Waals surface area contributed by atoms with Crippen LogP contribution in [0.25, 0.3) is 0 Å². The molecule has 0 amide bonds. The van der Waals surface area contributed by atoms with Crippen molar-refractivity contribution in [3.63, 3.8) is 0 Å². The third-order valence-electron chi connectivity index (χ3n) is 3.25. The number of hydrogen-bond acceptors (Lipinski definition) is 5. The largest absolute Gasteiger partial charge is 0.493 e. The molecule has 0 fully saturated rings. The van der Waals surface area contributed by atoms with Crippen molar-refractivity contribution in [1.82, 2.24) is 5.43 Å². The number of thiocarbonyl (C=S) groups is 1. The minimum absolute atomic E-state index is 0.0375. The minimum atomic E-state index is -0.0375. The molecule has 0 bridgehead atoms. The zero-order valence-corrected chi connectivity index (χ0v) is 14.8. The molecule has 0 heterocycles. The summed E-state index contributed by atoms with van der Waals surface area (Å²) in [4.78, 5) is 0. The average Bonchev–Trinajstić information content (AvgIpc) is 2.62. The summed E-state index contributed by atoms with van der Waals surface area (Å²) < 4.78 is 10.5. The molecule has 0 aliphatic rings. The molecule has 2 aromatic carbocycles. The third kappa shape index (κ3) is 5.48. The van der Waals surface area contributed by atoms with E-state index in [1.165, 1.54) is 7.11 Å². The number of rotatable bonds is 6. The maximum atomic E-state index is 8.57. The summed E-state index contributed by atoms with van der Waals surface area (Å²) >= 11 is 5.22. The molecule has 2 aromatic rings. The van der Waals surface area contributed by atoms with E-state index in [0.29, 0.717) is 16.6 Å². The van der Waals surface area contributed by atoms with Crippen LogP contribution in [-0.2, 0) is 0 Å². The number of hydrogen-bond donors (Lipinski definition) is 2. The van der Waals surface area contributed by atoms with E-state index >= 15 is 0 Å². The van der Waals surface area contributed by atoms with Gasteiger partial charge in [0.2, 0.25) is 0 Å². The lowest BCUT2D eigenvalue weighted by Crippen LogP contribution is -2.24. The summed E-state index contributed by atoms with van der Waals surface area (Å²) in [5.74, 6) is 1.03. The Morgan fingerprint density at radius 1 is 1.28 bits per heavy atom. The van der Waals surface area contributed by atoms with E-state index in [1.54, 1.807) is 24.4 Å². The van der Waals surface area contributed by atoms with Crippen LogP contribution >= 0.6 is 12.2 Å². The Balaban J connectivity index is 1.96. The second-order valence-electron chi connectivity index (χ2n) is 5.00. The number of nitriles is 1. The topological polar surface area (TPSA) is 78.7 Å². The summed E-state index contributed by atoms with van der Waals surface area (Å²) in [7, 11) is 1.54. The molecule has 128 valence electrons. The molecule has 0 saturated heterocycles. The molecule has 0 aromatic heterocycles. The number of aryl methyl sites for hydroxylation is 1. The van der Waals surface area contributed by atoms with E-state index in [-0.39, 0.29) is 6.61 Å². The van der Waals surface area contributed by atoms with Crippen LogP contribution in [-0.4, -0.2) is 25.0 Å². The first-order valence-electron chi connectivity index (χ1n) is 7.47. The van der Waals surface area contributed by atoms with Gasteiger partial charge >= 0.3 is 0 Å². The molecular formula is C18H18N4O2S. The fourth-order valence-corrected chi connectivity index (χ4v) is 2.19. The molecule has 0 atom stereocenters. The van der Waals surface area contributed by atoms with Crippen LogP contribution in [0.2, 0.25) is 0 Å². The lowest BCUT2D eigenvalue weighted by molar-refractivity contribution is 0.329. The van der Waals surface area contributed by atoms with Gasteiger partial charge < -0.3 is 14.8 Å². The molecule has 25 heavy (non-hydrogen) atoms. The standard InChI is InChI=1S/C18H18N4O2S/c1-13-5-3-4-6-15(13)21-18(25)22-20-12-14-7-8-16(24-10-9-19)17(11-14)23-2/h3-8,11-12H,10H2,1-2H3,(H2,21,22,25)/b20-12-. The normalized spacial score (nSPS) is 10.1. The number of nitrogens with zero attached hydrogens (tertiary/aromatic N) is 2. The molecule has 0 spiro atoms. The maximum Gasteiger partial charge on any atom is 0.191 e. The zero-order valence-electron chi connectivity index (χ0n) is 13.9. The number of methoxy groups -OCH3 is 1. The molecule has 7 heteroatoms. The zero-order chi connectivity index (χ0) is 18.1. The molecule has 0 aliphatic carbocycles. The molecule has 6 nitrogen and oxygen atoms in total. The van der Waals surface area contributed by atoms with Gasteiger partial charge in [0.05, 0.1) is 13.3 Å². The van der Waals surface area contributed by atoms with Crippen molar-refractivity contribution in [3.05, 3.63) is 53.6 Å². The van der Waals surface area contributed by atoms with Crippen molar-refractivity contribution in [2.24, 2.45) is 5.10 Å². The number of ether oxygens (including phenoxy) is 2. The molecule has 0 unspecified atom stereocenters. The van der Waals surface area contributed by atoms with Crippen LogP contribution in [0.15, 0.2) is 47.6 Å². The minimum Gasteiger partial charge on any atom is -0.493 e. The van der Waals surface area contributed by atoms with Crippen LogP contribution in [0.5, 0.6) is 11.5 Å². The van der Waals surface area contributed by atoms with Gasteiger partial charge in [-0.3, -0.25) is 5.43 Å². The molecule has 0 aliphatic heterocycles. The Morgan fingerprint density at radius 3 is 2.80 bits per heavy atom. The van der Waals surface area contributed by atoms with Gasteiger partial charge in [-0.2, -0.15) is 10.4 Å². The van der Waals surface area contributed by atoms with Crippen molar-refractivity contribution < 1.29 is 9.47 Å². The fourth-order valence-electron chi connectivity index (χ4n) is 2.02. The van der Waals surface area contributed by atoms with E-state index in [2.05, 4.69) is 15.8 Å². The van der Waals surface area contributed by atoms with Crippen LogP contribution in [0, 0.1) is 18.3 Å². The molecule has 0 saturated carbocycles. The summed E-state index contributed by atoms with van der Waals surface area (Å²) in [5, 5.41) is 16.2. The Kier molecular flexibility index (Phi) is 6.75. The fraction of sp³-hybridized carbons (Fsp3) is 0.167. The second-order valence-corrected chi connectivity index (χ2v) is 5.40.